The molecule has 138 valence electrons. The van der Waals surface area contributed by atoms with Gasteiger partial charge in [-0.2, -0.15) is 0 Å². The maximum atomic E-state index is 7.82. The number of hydrogen-bond acceptors (Lipinski definition) is 2. The number of allylic oxidation sites excluding steroid dienone is 11. The van der Waals surface area contributed by atoms with Crippen molar-refractivity contribution in [1.29, 1.82) is 5.41 Å². The van der Waals surface area contributed by atoms with Gasteiger partial charge in [0.15, 0.2) is 0 Å². The molecule has 0 radical (unpaired) electrons. The molecule has 1 atom stereocenters. The fraction of sp³-hybridized carbons (Fsp3) is 0.435. The van der Waals surface area contributed by atoms with Crippen LogP contribution in [-0.4, -0.2) is 13.3 Å². The average Bonchev–Trinajstić information content (AvgIpc) is 2.63. The molecule has 0 aliphatic carbocycles. The normalized spacial score (nSPS) is 15.8. The average molecular weight is 341 g/mol. The lowest BCUT2D eigenvalue weighted by molar-refractivity contribution is 0.696. The lowest BCUT2D eigenvalue weighted by atomic mass is 9.95. The van der Waals surface area contributed by atoms with E-state index in [0.29, 0.717) is 5.92 Å². The van der Waals surface area contributed by atoms with Gasteiger partial charge in [0.1, 0.15) is 0 Å². The maximum absolute atomic E-state index is 7.82. The molecule has 25 heavy (non-hydrogen) atoms. The molecule has 0 aliphatic heterocycles. The van der Waals surface area contributed by atoms with Crippen molar-refractivity contribution in [2.45, 2.75) is 53.9 Å². The molecular weight excluding hydrogens is 304 g/mol. The minimum atomic E-state index is 0.451. The Morgan fingerprint density at radius 3 is 2.24 bits per heavy atom. The lowest BCUT2D eigenvalue weighted by Crippen LogP contribution is -2.03. The second kappa shape index (κ2) is 13.2. The highest BCUT2D eigenvalue weighted by Gasteiger charge is 2.06. The van der Waals surface area contributed by atoms with Crippen LogP contribution in [0, 0.1) is 11.3 Å². The van der Waals surface area contributed by atoms with E-state index in [0.717, 1.165) is 47.3 Å². The molecule has 0 spiro atoms. The molecule has 2 heteroatoms. The smallest absolute Gasteiger partial charge is 0.0253 e. The van der Waals surface area contributed by atoms with Crippen molar-refractivity contribution >= 4 is 6.21 Å². The third-order valence-corrected chi connectivity index (χ3v) is 4.19. The first-order valence-electron chi connectivity index (χ1n) is 9.26. The van der Waals surface area contributed by atoms with Crippen molar-refractivity contribution in [2.75, 3.05) is 7.05 Å². The molecule has 0 saturated carbocycles. The van der Waals surface area contributed by atoms with Gasteiger partial charge in [-0.1, -0.05) is 64.5 Å². The Bertz CT molecular complexity index is 583. The second-order valence-electron chi connectivity index (χ2n) is 6.23. The Balaban J connectivity index is 6.17. The number of unbranched alkanes of at least 4 members (excludes halogenated alkanes) is 1. The van der Waals surface area contributed by atoms with E-state index in [-0.39, 0.29) is 0 Å². The highest BCUT2D eigenvalue weighted by molar-refractivity contribution is 5.84. The molecule has 2 nitrogen and oxygen atoms in total. The largest absolute Gasteiger partial charge is 0.392 e. The van der Waals surface area contributed by atoms with Gasteiger partial charge < -0.3 is 10.7 Å². The van der Waals surface area contributed by atoms with Crippen molar-refractivity contribution in [1.82, 2.24) is 5.32 Å². The molecule has 0 aromatic rings. The second-order valence-corrected chi connectivity index (χ2v) is 6.23. The molecule has 0 rings (SSSR count). The van der Waals surface area contributed by atoms with Crippen LogP contribution < -0.4 is 5.32 Å². The summed E-state index contributed by atoms with van der Waals surface area (Å²) in [6.07, 6.45) is 17.3. The minimum Gasteiger partial charge on any atom is -0.392 e. The summed E-state index contributed by atoms with van der Waals surface area (Å²) in [6.45, 7) is 14.6. The monoisotopic (exact) mass is 340 g/mol. The van der Waals surface area contributed by atoms with Crippen LogP contribution in [0.1, 0.15) is 53.9 Å². The van der Waals surface area contributed by atoms with Crippen LogP contribution in [0.5, 0.6) is 0 Å². The summed E-state index contributed by atoms with van der Waals surface area (Å²) in [5, 5.41) is 11.0. The van der Waals surface area contributed by atoms with Gasteiger partial charge in [-0.3, -0.25) is 0 Å². The Morgan fingerprint density at radius 1 is 1.12 bits per heavy atom. The van der Waals surface area contributed by atoms with Gasteiger partial charge in [-0.05, 0) is 60.6 Å². The van der Waals surface area contributed by atoms with E-state index in [9.17, 15) is 0 Å². The lowest BCUT2D eigenvalue weighted by Gasteiger charge is -2.11. The van der Waals surface area contributed by atoms with Crippen LogP contribution in [0.2, 0.25) is 0 Å². The van der Waals surface area contributed by atoms with Gasteiger partial charge in [0.05, 0.1) is 0 Å². The Morgan fingerprint density at radius 2 is 1.80 bits per heavy atom. The fourth-order valence-electron chi connectivity index (χ4n) is 2.29. The summed E-state index contributed by atoms with van der Waals surface area (Å²) in [4.78, 5) is 0. The summed E-state index contributed by atoms with van der Waals surface area (Å²) in [6, 6.07) is 0. The first-order chi connectivity index (χ1) is 12.0. The zero-order valence-corrected chi connectivity index (χ0v) is 16.9. The number of hydrogen-bond donors (Lipinski definition) is 2. The molecule has 0 fully saturated rings. The molecule has 0 saturated heterocycles. The fourth-order valence-corrected chi connectivity index (χ4v) is 2.29. The highest BCUT2D eigenvalue weighted by Crippen LogP contribution is 2.22. The molecule has 0 aromatic heterocycles. The summed E-state index contributed by atoms with van der Waals surface area (Å²) >= 11 is 0. The van der Waals surface area contributed by atoms with Gasteiger partial charge in [0.2, 0.25) is 0 Å². The highest BCUT2D eigenvalue weighted by atomic mass is 14.8. The van der Waals surface area contributed by atoms with Crippen molar-refractivity contribution < 1.29 is 0 Å². The third kappa shape index (κ3) is 8.53. The SMILES string of the molecule is C=CC(=C\CCC)/C(=C\C(=C/C)C(\C=N)=C\C(C)CC)/C=C(\C)NC. The quantitative estimate of drug-likeness (QED) is 0.326. The minimum absolute atomic E-state index is 0.451. The Kier molecular flexibility index (Phi) is 12.1. The van der Waals surface area contributed by atoms with Gasteiger partial charge in [-0.25, -0.2) is 0 Å². The van der Waals surface area contributed by atoms with E-state index in [4.69, 9.17) is 5.41 Å². The zero-order valence-electron chi connectivity index (χ0n) is 16.9. The van der Waals surface area contributed by atoms with Gasteiger partial charge >= 0.3 is 0 Å². The Hall–Kier alpha value is -2.09. The van der Waals surface area contributed by atoms with Crippen molar-refractivity contribution in [3.05, 3.63) is 71.0 Å². The predicted molar refractivity (Wildman–Crippen MR) is 114 cm³/mol. The van der Waals surface area contributed by atoms with Gasteiger partial charge in [-0.15, -0.1) is 0 Å². The standard InChI is InChI=1S/C23H36N2/c1-8-12-13-20(10-3)22(15-19(6)25-7)16-21(11-4)23(17-24)14-18(5)9-2/h10-11,13-18,24-25H,3,8-9,12H2,1-2,4-7H3/b19-15+,20-13+,21-11+,22-16-,23-14+,24-17?. The molecule has 0 aliphatic rings. The van der Waals surface area contributed by atoms with E-state index < -0.39 is 0 Å². The van der Waals surface area contributed by atoms with E-state index in [1.165, 1.54) is 6.21 Å². The first kappa shape index (κ1) is 22.9. The molecule has 0 bridgehead atoms. The van der Waals surface area contributed by atoms with Crippen molar-refractivity contribution in [2.24, 2.45) is 5.92 Å². The van der Waals surface area contributed by atoms with Gasteiger partial charge in [0.25, 0.3) is 0 Å². The van der Waals surface area contributed by atoms with Crippen LogP contribution in [0.15, 0.2) is 71.0 Å². The molecule has 0 aromatic carbocycles. The zero-order chi connectivity index (χ0) is 19.2. The molecule has 0 heterocycles. The van der Waals surface area contributed by atoms with Crippen LogP contribution in [0.25, 0.3) is 0 Å². The van der Waals surface area contributed by atoms with Crippen LogP contribution in [0.4, 0.5) is 0 Å². The van der Waals surface area contributed by atoms with Crippen molar-refractivity contribution in [3.8, 4) is 0 Å². The summed E-state index contributed by atoms with van der Waals surface area (Å²) in [7, 11) is 1.93. The molecule has 2 N–H and O–H groups in total. The Labute approximate surface area is 155 Å². The van der Waals surface area contributed by atoms with Crippen LogP contribution in [-0.2, 0) is 0 Å². The summed E-state index contributed by atoms with van der Waals surface area (Å²) in [5.41, 5.74) is 5.36. The van der Waals surface area contributed by atoms with Crippen molar-refractivity contribution in [3.63, 3.8) is 0 Å². The van der Waals surface area contributed by atoms with E-state index in [2.05, 4.69) is 70.0 Å². The third-order valence-electron chi connectivity index (χ3n) is 4.19. The van der Waals surface area contributed by atoms with Crippen LogP contribution >= 0.6 is 0 Å². The predicted octanol–water partition coefficient (Wildman–Crippen LogP) is 6.52. The first-order valence-corrected chi connectivity index (χ1v) is 9.26. The summed E-state index contributed by atoms with van der Waals surface area (Å²) < 4.78 is 0. The van der Waals surface area contributed by atoms with E-state index in [1.54, 1.807) is 0 Å². The van der Waals surface area contributed by atoms with E-state index >= 15 is 0 Å². The van der Waals surface area contributed by atoms with Crippen LogP contribution in [0.3, 0.4) is 0 Å². The maximum Gasteiger partial charge on any atom is 0.0253 e. The topological polar surface area (TPSA) is 35.9 Å². The summed E-state index contributed by atoms with van der Waals surface area (Å²) in [5.74, 6) is 0.451. The van der Waals surface area contributed by atoms with Gasteiger partial charge in [0, 0.05) is 19.0 Å². The van der Waals surface area contributed by atoms with E-state index in [1.807, 2.05) is 20.0 Å². The molecular formula is C23H36N2. The molecule has 0 amide bonds. The number of nitrogens with one attached hydrogen (secondary N) is 2. The molecule has 1 unspecified atom stereocenters. The number of rotatable bonds is 11.